The summed E-state index contributed by atoms with van der Waals surface area (Å²) in [4.78, 5) is 22.3. The first-order chi connectivity index (χ1) is 13.7. The number of hydrogen-bond donors (Lipinski definition) is 2. The molecule has 1 aliphatic carbocycles. The van der Waals surface area contributed by atoms with Crippen LogP contribution in [0, 0.1) is 11.8 Å². The maximum Gasteiger partial charge on any atom is 0.225 e. The van der Waals surface area contributed by atoms with Gasteiger partial charge in [-0.2, -0.15) is 0 Å². The number of likely N-dealkylation sites (tertiary alicyclic amines) is 2. The van der Waals surface area contributed by atoms with Crippen LogP contribution in [0.5, 0.6) is 0 Å². The number of nitrogens with one attached hydrogen (secondary N) is 2. The van der Waals surface area contributed by atoms with Gasteiger partial charge in [-0.15, -0.1) is 24.0 Å². The van der Waals surface area contributed by atoms with Gasteiger partial charge in [-0.1, -0.05) is 26.2 Å². The topological polar surface area (TPSA) is 60.0 Å². The van der Waals surface area contributed by atoms with E-state index in [1.807, 2.05) is 0 Å². The van der Waals surface area contributed by atoms with Gasteiger partial charge in [0.25, 0.3) is 0 Å². The number of nitrogens with zero attached hydrogens (tertiary/aromatic N) is 3. The summed E-state index contributed by atoms with van der Waals surface area (Å²) in [6, 6.07) is 0.323. The fourth-order valence-electron chi connectivity index (χ4n) is 5.01. The van der Waals surface area contributed by atoms with Crippen LogP contribution in [0.4, 0.5) is 0 Å². The molecule has 0 aromatic carbocycles. The van der Waals surface area contributed by atoms with Gasteiger partial charge in [0, 0.05) is 44.7 Å². The van der Waals surface area contributed by atoms with Gasteiger partial charge in [0.1, 0.15) is 0 Å². The van der Waals surface area contributed by atoms with Gasteiger partial charge in [0.2, 0.25) is 5.91 Å². The number of rotatable bonds is 6. The number of hydrogen-bond acceptors (Lipinski definition) is 3. The molecule has 3 fully saturated rings. The molecule has 1 amide bonds. The van der Waals surface area contributed by atoms with E-state index in [2.05, 4.69) is 34.3 Å². The Bertz CT molecular complexity index is 523. The summed E-state index contributed by atoms with van der Waals surface area (Å²) in [5.74, 6) is 2.26. The average molecular weight is 520 g/mol. The molecule has 2 saturated heterocycles. The predicted molar refractivity (Wildman–Crippen MR) is 131 cm³/mol. The van der Waals surface area contributed by atoms with Crippen molar-refractivity contribution in [1.82, 2.24) is 20.4 Å². The zero-order valence-electron chi connectivity index (χ0n) is 18.5. The lowest BCUT2D eigenvalue weighted by Crippen LogP contribution is -2.46. The largest absolute Gasteiger partial charge is 0.357 e. The molecule has 168 valence electrons. The van der Waals surface area contributed by atoms with Crippen molar-refractivity contribution in [3.63, 3.8) is 0 Å². The van der Waals surface area contributed by atoms with Gasteiger partial charge in [0.15, 0.2) is 5.96 Å². The molecule has 0 aromatic heterocycles. The maximum atomic E-state index is 12.8. The lowest BCUT2D eigenvalue weighted by atomic mass is 9.88. The van der Waals surface area contributed by atoms with E-state index in [1.165, 1.54) is 45.2 Å². The molecule has 2 aliphatic heterocycles. The Hall–Kier alpha value is -0.570. The SMILES string of the molecule is CCNC(=NCC1CCCN(CC)C1)NC1CCN(C(=O)C2CCCCC2)C1.I. The molecular weight excluding hydrogens is 477 g/mol. The minimum absolute atomic E-state index is 0. The number of piperidine rings is 1. The Morgan fingerprint density at radius 2 is 1.79 bits per heavy atom. The summed E-state index contributed by atoms with van der Waals surface area (Å²) >= 11 is 0. The lowest BCUT2D eigenvalue weighted by molar-refractivity contribution is -0.135. The van der Waals surface area contributed by atoms with Crippen molar-refractivity contribution in [2.24, 2.45) is 16.8 Å². The van der Waals surface area contributed by atoms with Crippen molar-refractivity contribution in [2.75, 3.05) is 45.8 Å². The van der Waals surface area contributed by atoms with E-state index in [0.717, 1.165) is 57.9 Å². The predicted octanol–water partition coefficient (Wildman–Crippen LogP) is 3.07. The molecule has 2 atom stereocenters. The highest BCUT2D eigenvalue weighted by molar-refractivity contribution is 14.0. The van der Waals surface area contributed by atoms with E-state index in [1.54, 1.807) is 0 Å². The summed E-state index contributed by atoms with van der Waals surface area (Å²) < 4.78 is 0. The van der Waals surface area contributed by atoms with Crippen LogP contribution < -0.4 is 10.6 Å². The molecule has 6 nitrogen and oxygen atoms in total. The molecule has 29 heavy (non-hydrogen) atoms. The normalized spacial score (nSPS) is 26.8. The molecule has 0 spiro atoms. The Kier molecular flexibility index (Phi) is 11.0. The summed E-state index contributed by atoms with van der Waals surface area (Å²) in [7, 11) is 0. The van der Waals surface area contributed by atoms with Crippen molar-refractivity contribution in [3.05, 3.63) is 0 Å². The van der Waals surface area contributed by atoms with Crippen molar-refractivity contribution in [1.29, 1.82) is 0 Å². The Labute approximate surface area is 194 Å². The van der Waals surface area contributed by atoms with Crippen LogP contribution in [0.1, 0.15) is 65.2 Å². The van der Waals surface area contributed by atoms with E-state index in [9.17, 15) is 4.79 Å². The smallest absolute Gasteiger partial charge is 0.225 e. The second kappa shape index (κ2) is 13.0. The second-order valence-electron chi connectivity index (χ2n) is 8.87. The average Bonchev–Trinajstić information content (AvgIpc) is 3.21. The molecule has 0 radical (unpaired) electrons. The molecule has 2 N–H and O–H groups in total. The third-order valence-electron chi connectivity index (χ3n) is 6.70. The van der Waals surface area contributed by atoms with Crippen molar-refractivity contribution < 1.29 is 4.79 Å². The first kappa shape index (κ1) is 24.7. The van der Waals surface area contributed by atoms with E-state index in [-0.39, 0.29) is 29.9 Å². The van der Waals surface area contributed by atoms with Crippen LogP contribution in [0.3, 0.4) is 0 Å². The fraction of sp³-hybridized carbons (Fsp3) is 0.909. The van der Waals surface area contributed by atoms with Crippen LogP contribution >= 0.6 is 24.0 Å². The summed E-state index contributed by atoms with van der Waals surface area (Å²) in [5, 5.41) is 7.00. The fourth-order valence-corrected chi connectivity index (χ4v) is 5.01. The molecule has 3 aliphatic rings. The first-order valence-electron chi connectivity index (χ1n) is 11.8. The van der Waals surface area contributed by atoms with Gasteiger partial charge in [-0.05, 0) is 58.0 Å². The third-order valence-corrected chi connectivity index (χ3v) is 6.70. The number of amides is 1. The number of carbonyl (C=O) groups excluding carboxylic acids is 1. The van der Waals surface area contributed by atoms with E-state index in [0.29, 0.717) is 17.9 Å². The molecule has 0 bridgehead atoms. The van der Waals surface area contributed by atoms with E-state index >= 15 is 0 Å². The minimum Gasteiger partial charge on any atom is -0.357 e. The monoisotopic (exact) mass is 519 g/mol. The number of carbonyl (C=O) groups is 1. The Balaban J connectivity index is 0.00000300. The Morgan fingerprint density at radius 1 is 1.00 bits per heavy atom. The first-order valence-corrected chi connectivity index (χ1v) is 11.8. The quantitative estimate of drug-likeness (QED) is 0.322. The van der Waals surface area contributed by atoms with Crippen LogP contribution in [0.2, 0.25) is 0 Å². The highest BCUT2D eigenvalue weighted by Gasteiger charge is 2.31. The van der Waals surface area contributed by atoms with Crippen molar-refractivity contribution in [2.45, 2.75) is 71.3 Å². The molecule has 7 heteroatoms. The molecular formula is C22H42IN5O. The van der Waals surface area contributed by atoms with Gasteiger partial charge < -0.3 is 20.4 Å². The van der Waals surface area contributed by atoms with E-state index < -0.39 is 0 Å². The molecule has 2 heterocycles. The van der Waals surface area contributed by atoms with Gasteiger partial charge in [-0.25, -0.2) is 0 Å². The summed E-state index contributed by atoms with van der Waals surface area (Å²) in [6.07, 6.45) is 9.52. The number of aliphatic imine (C=N–C) groups is 1. The van der Waals surface area contributed by atoms with Crippen LogP contribution in [0.25, 0.3) is 0 Å². The third kappa shape index (κ3) is 7.56. The zero-order valence-corrected chi connectivity index (χ0v) is 20.8. The number of halogens is 1. The summed E-state index contributed by atoms with van der Waals surface area (Å²) in [5.41, 5.74) is 0. The van der Waals surface area contributed by atoms with Crippen LogP contribution in [-0.4, -0.2) is 73.5 Å². The lowest BCUT2D eigenvalue weighted by Gasteiger charge is -2.31. The minimum atomic E-state index is 0. The second-order valence-corrected chi connectivity index (χ2v) is 8.87. The molecule has 2 unspecified atom stereocenters. The van der Waals surface area contributed by atoms with Crippen LogP contribution in [-0.2, 0) is 4.79 Å². The highest BCUT2D eigenvalue weighted by atomic mass is 127. The highest BCUT2D eigenvalue weighted by Crippen LogP contribution is 2.26. The molecule has 3 rings (SSSR count). The van der Waals surface area contributed by atoms with E-state index in [4.69, 9.17) is 4.99 Å². The van der Waals surface area contributed by atoms with Gasteiger partial charge in [-0.3, -0.25) is 9.79 Å². The number of guanidine groups is 1. The zero-order chi connectivity index (χ0) is 19.8. The standard InChI is InChI=1S/C22H41N5O.HI/c1-3-23-22(24-15-18-9-8-13-26(4-2)16-18)25-20-12-14-27(17-20)21(28)19-10-6-5-7-11-19;/h18-20H,3-17H2,1-2H3,(H2,23,24,25);1H. The van der Waals surface area contributed by atoms with Gasteiger partial charge >= 0.3 is 0 Å². The van der Waals surface area contributed by atoms with Crippen LogP contribution in [0.15, 0.2) is 4.99 Å². The van der Waals surface area contributed by atoms with Crippen molar-refractivity contribution >= 4 is 35.8 Å². The Morgan fingerprint density at radius 3 is 2.52 bits per heavy atom. The molecule has 0 aromatic rings. The summed E-state index contributed by atoms with van der Waals surface area (Å²) in [6.45, 7) is 11.4. The maximum absolute atomic E-state index is 12.8. The van der Waals surface area contributed by atoms with Crippen molar-refractivity contribution in [3.8, 4) is 0 Å². The van der Waals surface area contributed by atoms with Gasteiger partial charge in [0.05, 0.1) is 0 Å². The molecule has 1 saturated carbocycles.